The summed E-state index contributed by atoms with van der Waals surface area (Å²) >= 11 is 0. The van der Waals surface area contributed by atoms with Crippen LogP contribution in [-0.2, 0) is 0 Å². The lowest BCUT2D eigenvalue weighted by Crippen LogP contribution is -1.99. The Balaban J connectivity index is 2.82. The molecule has 4 heteroatoms. The molecule has 0 aliphatic heterocycles. The van der Waals surface area contributed by atoms with Crippen LogP contribution in [0.15, 0.2) is 24.3 Å². The van der Waals surface area contributed by atoms with Crippen molar-refractivity contribution in [2.75, 3.05) is 0 Å². The summed E-state index contributed by atoms with van der Waals surface area (Å²) in [4.78, 5) is 10.2. The van der Waals surface area contributed by atoms with Crippen LogP contribution in [-0.4, -0.2) is 19.0 Å². The lowest BCUT2D eigenvalue weighted by atomic mass is 10.2. The number of hydrogen-bond donors (Lipinski definition) is 1. The first-order valence-corrected chi connectivity index (χ1v) is 3.04. The molecular formula is C7H6BO3. The summed E-state index contributed by atoms with van der Waals surface area (Å²) in [6, 6.07) is 6.49. The maximum absolute atomic E-state index is 10.2. The van der Waals surface area contributed by atoms with E-state index in [0.29, 0.717) is 25.3 Å². The van der Waals surface area contributed by atoms with E-state index in [1.54, 1.807) is 18.2 Å². The van der Waals surface area contributed by atoms with E-state index in [2.05, 4.69) is 4.65 Å². The molecule has 0 heterocycles. The Hall–Kier alpha value is -1.29. The number of hydrogen-bond acceptors (Lipinski definition) is 3. The monoisotopic (exact) mass is 149 g/mol. The zero-order chi connectivity index (χ0) is 8.10. The van der Waals surface area contributed by atoms with E-state index in [4.69, 9.17) is 5.02 Å². The van der Waals surface area contributed by atoms with Crippen LogP contribution in [0.5, 0.6) is 5.75 Å². The Labute approximate surface area is 64.9 Å². The van der Waals surface area contributed by atoms with Crippen LogP contribution in [0.2, 0.25) is 0 Å². The van der Waals surface area contributed by atoms with Crippen molar-refractivity contribution in [2.24, 2.45) is 0 Å². The third-order valence-corrected chi connectivity index (χ3v) is 1.18. The second kappa shape index (κ2) is 3.78. The second-order valence-corrected chi connectivity index (χ2v) is 1.91. The normalized spacial score (nSPS) is 8.82. The number of carbonyl (C=O) groups excluding carboxylic acids is 1. The predicted molar refractivity (Wildman–Crippen MR) is 40.4 cm³/mol. The first kappa shape index (κ1) is 7.82. The number of benzene rings is 1. The van der Waals surface area contributed by atoms with Gasteiger partial charge < -0.3 is 9.68 Å². The van der Waals surface area contributed by atoms with Crippen molar-refractivity contribution in [3.63, 3.8) is 0 Å². The van der Waals surface area contributed by atoms with Crippen molar-refractivity contribution in [2.45, 2.75) is 0 Å². The molecule has 0 saturated carbocycles. The Morgan fingerprint density at radius 2 is 2.36 bits per heavy atom. The van der Waals surface area contributed by atoms with Crippen LogP contribution in [0, 0.1) is 0 Å². The third-order valence-electron chi connectivity index (χ3n) is 1.18. The molecule has 1 aromatic carbocycles. The van der Waals surface area contributed by atoms with Crippen LogP contribution in [0.4, 0.5) is 0 Å². The molecule has 11 heavy (non-hydrogen) atoms. The van der Waals surface area contributed by atoms with Crippen molar-refractivity contribution in [3.05, 3.63) is 29.8 Å². The standard InChI is InChI=1S/C7H6BO3/c9-5-6-2-1-3-7(4-6)11-8-10/h1-5,10H. The van der Waals surface area contributed by atoms with Crippen molar-refractivity contribution >= 4 is 14.0 Å². The molecule has 1 N–H and O–H groups in total. The third kappa shape index (κ3) is 2.09. The number of rotatable bonds is 3. The fourth-order valence-electron chi connectivity index (χ4n) is 0.722. The highest BCUT2D eigenvalue weighted by atomic mass is 16.5. The van der Waals surface area contributed by atoms with Crippen LogP contribution in [0.1, 0.15) is 10.4 Å². The van der Waals surface area contributed by atoms with E-state index < -0.39 is 0 Å². The average molecular weight is 149 g/mol. The molecule has 0 spiro atoms. The zero-order valence-electron chi connectivity index (χ0n) is 5.73. The first-order valence-electron chi connectivity index (χ1n) is 3.04. The predicted octanol–water partition coefficient (Wildman–Crippen LogP) is 0.404. The summed E-state index contributed by atoms with van der Waals surface area (Å²) in [5, 5.41) is 8.25. The Kier molecular flexibility index (Phi) is 2.69. The molecule has 0 bridgehead atoms. The molecule has 0 unspecified atom stereocenters. The van der Waals surface area contributed by atoms with Gasteiger partial charge >= 0.3 is 7.69 Å². The minimum Gasteiger partial charge on any atom is -0.537 e. The molecule has 55 valence electrons. The summed E-state index contributed by atoms with van der Waals surface area (Å²) in [6.45, 7) is 0. The van der Waals surface area contributed by atoms with Crippen molar-refractivity contribution < 1.29 is 14.5 Å². The van der Waals surface area contributed by atoms with Gasteiger partial charge in [-0.05, 0) is 12.1 Å². The van der Waals surface area contributed by atoms with Gasteiger partial charge in [-0.25, -0.2) is 0 Å². The topological polar surface area (TPSA) is 46.5 Å². The van der Waals surface area contributed by atoms with Gasteiger partial charge in [0, 0.05) is 5.56 Å². The van der Waals surface area contributed by atoms with Gasteiger partial charge in [0.25, 0.3) is 0 Å². The molecule has 0 amide bonds. The minimum atomic E-state index is 0.442. The fraction of sp³-hybridized carbons (Fsp3) is 0. The summed E-state index contributed by atoms with van der Waals surface area (Å²) < 4.78 is 4.62. The fourth-order valence-corrected chi connectivity index (χ4v) is 0.722. The number of carbonyl (C=O) groups is 1. The summed E-state index contributed by atoms with van der Waals surface area (Å²) in [7, 11) is 0.573. The number of aldehydes is 1. The van der Waals surface area contributed by atoms with Crippen molar-refractivity contribution in [3.8, 4) is 5.75 Å². The quantitative estimate of drug-likeness (QED) is 0.499. The van der Waals surface area contributed by atoms with E-state index in [1.165, 1.54) is 6.07 Å². The van der Waals surface area contributed by atoms with Crippen molar-refractivity contribution in [1.82, 2.24) is 0 Å². The van der Waals surface area contributed by atoms with E-state index in [1.807, 2.05) is 0 Å². The lowest BCUT2D eigenvalue weighted by molar-refractivity contribution is 0.112. The lowest BCUT2D eigenvalue weighted by Gasteiger charge is -1.99. The maximum atomic E-state index is 10.2. The second-order valence-electron chi connectivity index (χ2n) is 1.91. The highest BCUT2D eigenvalue weighted by Crippen LogP contribution is 2.10. The average Bonchev–Trinajstić information content (AvgIpc) is 2.06. The van der Waals surface area contributed by atoms with Gasteiger partial charge in [-0.2, -0.15) is 0 Å². The molecule has 0 atom stereocenters. The summed E-state index contributed by atoms with van der Waals surface area (Å²) in [5.41, 5.74) is 0.518. The summed E-state index contributed by atoms with van der Waals surface area (Å²) in [6.07, 6.45) is 0.713. The molecule has 0 aliphatic rings. The zero-order valence-corrected chi connectivity index (χ0v) is 5.73. The van der Waals surface area contributed by atoms with Gasteiger partial charge in [0.15, 0.2) is 0 Å². The van der Waals surface area contributed by atoms with Gasteiger partial charge in [0.1, 0.15) is 12.0 Å². The highest BCUT2D eigenvalue weighted by molar-refractivity contribution is 6.17. The molecule has 0 aromatic heterocycles. The van der Waals surface area contributed by atoms with Gasteiger partial charge in [-0.1, -0.05) is 12.1 Å². The SMILES string of the molecule is O=Cc1cccc(O[B]O)c1. The van der Waals surface area contributed by atoms with Crippen molar-refractivity contribution in [1.29, 1.82) is 0 Å². The Morgan fingerprint density at radius 3 is 3.00 bits per heavy atom. The van der Waals surface area contributed by atoms with Gasteiger partial charge in [-0.15, -0.1) is 0 Å². The van der Waals surface area contributed by atoms with Gasteiger partial charge in [0.2, 0.25) is 0 Å². The van der Waals surface area contributed by atoms with E-state index in [-0.39, 0.29) is 0 Å². The largest absolute Gasteiger partial charge is 0.569 e. The Morgan fingerprint density at radius 1 is 1.55 bits per heavy atom. The van der Waals surface area contributed by atoms with E-state index >= 15 is 0 Å². The Bertz CT molecular complexity index is 249. The molecular weight excluding hydrogens is 143 g/mol. The molecule has 0 aliphatic carbocycles. The van der Waals surface area contributed by atoms with E-state index in [0.717, 1.165) is 0 Å². The maximum Gasteiger partial charge on any atom is 0.569 e. The van der Waals surface area contributed by atoms with Crippen LogP contribution in [0.25, 0.3) is 0 Å². The molecule has 3 nitrogen and oxygen atoms in total. The van der Waals surface area contributed by atoms with Gasteiger partial charge in [0.05, 0.1) is 0 Å². The molecule has 0 saturated heterocycles. The molecule has 1 aromatic rings. The van der Waals surface area contributed by atoms with Crippen LogP contribution in [0.3, 0.4) is 0 Å². The highest BCUT2D eigenvalue weighted by Gasteiger charge is 1.94. The minimum absolute atomic E-state index is 0.442. The van der Waals surface area contributed by atoms with E-state index in [9.17, 15) is 4.79 Å². The molecule has 1 radical (unpaired) electrons. The van der Waals surface area contributed by atoms with Crippen LogP contribution < -0.4 is 4.65 Å². The molecule has 0 fully saturated rings. The summed E-state index contributed by atoms with van der Waals surface area (Å²) in [5.74, 6) is 0.442. The van der Waals surface area contributed by atoms with Gasteiger partial charge in [-0.3, -0.25) is 4.79 Å². The molecule has 1 rings (SSSR count). The first-order chi connectivity index (χ1) is 5.36. The van der Waals surface area contributed by atoms with Crippen LogP contribution >= 0.6 is 0 Å². The smallest absolute Gasteiger partial charge is 0.537 e.